The van der Waals surface area contributed by atoms with Gasteiger partial charge in [-0.25, -0.2) is 8.42 Å². The van der Waals surface area contributed by atoms with Gasteiger partial charge in [-0.05, 0) is 12.1 Å². The van der Waals surface area contributed by atoms with Crippen molar-refractivity contribution in [3.8, 4) is 0 Å². The molecule has 8 nitrogen and oxygen atoms in total. The normalized spacial score (nSPS) is 15.8. The van der Waals surface area contributed by atoms with Gasteiger partial charge in [-0.15, -0.1) is 24.0 Å². The van der Waals surface area contributed by atoms with Crippen LogP contribution in [-0.4, -0.2) is 81.9 Å². The van der Waals surface area contributed by atoms with Crippen LogP contribution >= 0.6 is 24.0 Å². The van der Waals surface area contributed by atoms with Crippen molar-refractivity contribution in [2.45, 2.75) is 0 Å². The second-order valence-electron chi connectivity index (χ2n) is 5.36. The summed E-state index contributed by atoms with van der Waals surface area (Å²) < 4.78 is 27.5. The Morgan fingerprint density at radius 3 is 2.42 bits per heavy atom. The Hall–Kier alpha value is -1.30. The molecule has 0 aliphatic carbocycles. The highest BCUT2D eigenvalue weighted by Gasteiger charge is 2.25. The number of carbonyl (C=O) groups excluding carboxylic acids is 1. The standard InChI is InChI=1S/C14H22N4O4S.HI/c1-15-14(16-5-11-23(2,20)21)18-8-6-17(7-9-18)13(19)12-4-3-10-22-12;/h3-4,10H,5-9,11H2,1-2H3,(H,15,16);1H. The molecule has 1 saturated heterocycles. The first kappa shape index (κ1) is 20.7. The number of furan rings is 1. The maximum absolute atomic E-state index is 12.2. The van der Waals surface area contributed by atoms with Gasteiger partial charge in [0.15, 0.2) is 11.7 Å². The third-order valence-electron chi connectivity index (χ3n) is 3.57. The summed E-state index contributed by atoms with van der Waals surface area (Å²) in [4.78, 5) is 20.1. The van der Waals surface area contributed by atoms with Crippen molar-refractivity contribution in [3.63, 3.8) is 0 Å². The van der Waals surface area contributed by atoms with E-state index >= 15 is 0 Å². The third-order valence-corrected chi connectivity index (χ3v) is 4.51. The summed E-state index contributed by atoms with van der Waals surface area (Å²) in [5.74, 6) is 0.936. The molecule has 0 spiro atoms. The average Bonchev–Trinajstić information content (AvgIpc) is 3.04. The molecule has 0 radical (unpaired) electrons. The lowest BCUT2D eigenvalue weighted by molar-refractivity contribution is 0.0658. The molecule has 1 N–H and O–H groups in total. The van der Waals surface area contributed by atoms with Crippen LogP contribution in [0.3, 0.4) is 0 Å². The fourth-order valence-corrected chi connectivity index (χ4v) is 2.83. The van der Waals surface area contributed by atoms with Crippen molar-refractivity contribution in [3.05, 3.63) is 24.2 Å². The summed E-state index contributed by atoms with van der Waals surface area (Å²) in [6.07, 6.45) is 2.69. The van der Waals surface area contributed by atoms with Crippen molar-refractivity contribution in [2.24, 2.45) is 4.99 Å². The summed E-state index contributed by atoms with van der Waals surface area (Å²) in [7, 11) is -1.35. The first-order chi connectivity index (χ1) is 10.9. The molecule has 136 valence electrons. The van der Waals surface area contributed by atoms with Crippen molar-refractivity contribution < 1.29 is 17.6 Å². The van der Waals surface area contributed by atoms with E-state index in [0.717, 1.165) is 0 Å². The molecule has 10 heteroatoms. The van der Waals surface area contributed by atoms with E-state index in [9.17, 15) is 13.2 Å². The van der Waals surface area contributed by atoms with Gasteiger partial charge >= 0.3 is 0 Å². The molecule has 1 aromatic rings. The maximum Gasteiger partial charge on any atom is 0.289 e. The molecule has 1 aliphatic rings. The molecule has 0 bridgehead atoms. The number of guanidine groups is 1. The molecule has 1 amide bonds. The first-order valence-electron chi connectivity index (χ1n) is 7.37. The number of hydrogen-bond donors (Lipinski definition) is 1. The highest BCUT2D eigenvalue weighted by Crippen LogP contribution is 2.09. The molecule has 1 fully saturated rings. The predicted octanol–water partition coefficient (Wildman–Crippen LogP) is 0.275. The van der Waals surface area contributed by atoms with E-state index in [1.807, 2.05) is 4.90 Å². The van der Waals surface area contributed by atoms with Gasteiger partial charge in [0, 0.05) is 46.0 Å². The maximum atomic E-state index is 12.2. The summed E-state index contributed by atoms with van der Waals surface area (Å²) >= 11 is 0. The van der Waals surface area contributed by atoms with Crippen LogP contribution in [0.4, 0.5) is 0 Å². The number of sulfone groups is 1. The molecule has 0 atom stereocenters. The Morgan fingerprint density at radius 1 is 1.29 bits per heavy atom. The number of carbonyl (C=O) groups is 1. The Labute approximate surface area is 159 Å². The van der Waals surface area contributed by atoms with Gasteiger partial charge < -0.3 is 19.5 Å². The SMILES string of the molecule is CN=C(NCCS(C)(=O)=O)N1CCN(C(=O)c2ccco2)CC1.I. The highest BCUT2D eigenvalue weighted by molar-refractivity contribution is 14.0. The summed E-state index contributed by atoms with van der Waals surface area (Å²) in [6.45, 7) is 2.70. The molecule has 2 rings (SSSR count). The van der Waals surface area contributed by atoms with E-state index in [4.69, 9.17) is 4.42 Å². The number of amides is 1. The van der Waals surface area contributed by atoms with Crippen molar-refractivity contribution >= 4 is 45.7 Å². The smallest absolute Gasteiger partial charge is 0.289 e. The molecular formula is C14H23IN4O4S. The van der Waals surface area contributed by atoms with E-state index in [2.05, 4.69) is 10.3 Å². The van der Waals surface area contributed by atoms with Crippen LogP contribution in [0.1, 0.15) is 10.6 Å². The number of hydrogen-bond acceptors (Lipinski definition) is 5. The van der Waals surface area contributed by atoms with Gasteiger partial charge in [-0.2, -0.15) is 0 Å². The molecule has 24 heavy (non-hydrogen) atoms. The van der Waals surface area contributed by atoms with Crippen LogP contribution < -0.4 is 5.32 Å². The Balaban J connectivity index is 0.00000288. The fraction of sp³-hybridized carbons (Fsp3) is 0.571. The summed E-state index contributed by atoms with van der Waals surface area (Å²) in [5, 5.41) is 3.04. The van der Waals surface area contributed by atoms with Crippen LogP contribution in [-0.2, 0) is 9.84 Å². The minimum absolute atomic E-state index is 0. The highest BCUT2D eigenvalue weighted by atomic mass is 127. The van der Waals surface area contributed by atoms with Gasteiger partial charge in [-0.1, -0.05) is 0 Å². The van der Waals surface area contributed by atoms with E-state index < -0.39 is 9.84 Å². The van der Waals surface area contributed by atoms with Gasteiger partial charge in [0.25, 0.3) is 5.91 Å². The van der Waals surface area contributed by atoms with Gasteiger partial charge in [0.1, 0.15) is 9.84 Å². The molecule has 2 heterocycles. The second kappa shape index (κ2) is 9.25. The first-order valence-corrected chi connectivity index (χ1v) is 9.43. The molecule has 0 aromatic carbocycles. The zero-order valence-electron chi connectivity index (χ0n) is 13.8. The molecular weight excluding hydrogens is 447 g/mol. The van der Waals surface area contributed by atoms with Gasteiger partial charge in [0.2, 0.25) is 0 Å². The zero-order valence-corrected chi connectivity index (χ0v) is 16.9. The van der Waals surface area contributed by atoms with E-state index in [-0.39, 0.29) is 35.6 Å². The van der Waals surface area contributed by atoms with Crippen LogP contribution in [0.25, 0.3) is 0 Å². The zero-order chi connectivity index (χ0) is 16.9. The lowest BCUT2D eigenvalue weighted by atomic mass is 10.3. The number of aliphatic imine (C=N–C) groups is 1. The quantitative estimate of drug-likeness (QED) is 0.386. The van der Waals surface area contributed by atoms with Crippen LogP contribution in [0.15, 0.2) is 27.8 Å². The minimum atomic E-state index is -3.00. The van der Waals surface area contributed by atoms with E-state index in [1.165, 1.54) is 12.5 Å². The number of rotatable bonds is 4. The molecule has 0 unspecified atom stereocenters. The fourth-order valence-electron chi connectivity index (χ4n) is 2.36. The lowest BCUT2D eigenvalue weighted by Crippen LogP contribution is -2.54. The predicted molar refractivity (Wildman–Crippen MR) is 103 cm³/mol. The average molecular weight is 470 g/mol. The molecule has 1 aliphatic heterocycles. The number of nitrogens with zero attached hydrogens (tertiary/aromatic N) is 3. The number of halogens is 1. The monoisotopic (exact) mass is 470 g/mol. The topological polar surface area (TPSA) is 95.2 Å². The summed E-state index contributed by atoms with van der Waals surface area (Å²) in [6, 6.07) is 3.34. The Morgan fingerprint density at radius 2 is 1.92 bits per heavy atom. The second-order valence-corrected chi connectivity index (χ2v) is 7.62. The Kier molecular flexibility index (Phi) is 8.00. The van der Waals surface area contributed by atoms with Gasteiger partial charge in [0.05, 0.1) is 12.0 Å². The van der Waals surface area contributed by atoms with Crippen LogP contribution in [0, 0.1) is 0 Å². The van der Waals surface area contributed by atoms with Crippen molar-refractivity contribution in [1.29, 1.82) is 0 Å². The van der Waals surface area contributed by atoms with Crippen molar-refractivity contribution in [1.82, 2.24) is 15.1 Å². The number of piperazine rings is 1. The Bertz CT molecular complexity index is 652. The van der Waals surface area contributed by atoms with Gasteiger partial charge in [-0.3, -0.25) is 9.79 Å². The lowest BCUT2D eigenvalue weighted by Gasteiger charge is -2.36. The largest absolute Gasteiger partial charge is 0.459 e. The van der Waals surface area contributed by atoms with Crippen LogP contribution in [0.2, 0.25) is 0 Å². The minimum Gasteiger partial charge on any atom is -0.459 e. The van der Waals surface area contributed by atoms with E-state index in [0.29, 0.717) is 44.4 Å². The van der Waals surface area contributed by atoms with Crippen LogP contribution in [0.5, 0.6) is 0 Å². The summed E-state index contributed by atoms with van der Waals surface area (Å²) in [5.41, 5.74) is 0. The van der Waals surface area contributed by atoms with Crippen molar-refractivity contribution in [2.75, 3.05) is 51.8 Å². The molecule has 1 aromatic heterocycles. The third kappa shape index (κ3) is 5.96. The number of nitrogens with one attached hydrogen (secondary N) is 1. The molecule has 0 saturated carbocycles. The van der Waals surface area contributed by atoms with E-state index in [1.54, 1.807) is 24.1 Å².